The summed E-state index contributed by atoms with van der Waals surface area (Å²) in [6, 6.07) is 12.7. The van der Waals surface area contributed by atoms with Crippen molar-refractivity contribution in [1.82, 2.24) is 0 Å². The summed E-state index contributed by atoms with van der Waals surface area (Å²) >= 11 is 0. The molecule has 0 saturated carbocycles. The van der Waals surface area contributed by atoms with Crippen LogP contribution in [0.4, 0.5) is 5.69 Å². The molecular formula is C23H35NNa2O8S2. The summed E-state index contributed by atoms with van der Waals surface area (Å²) in [5.74, 6) is -0.115. The van der Waals surface area contributed by atoms with E-state index in [0.29, 0.717) is 6.42 Å². The summed E-state index contributed by atoms with van der Waals surface area (Å²) in [5, 5.41) is 0. The molecule has 0 aliphatic heterocycles. The van der Waals surface area contributed by atoms with Crippen LogP contribution in [0, 0.1) is 0 Å². The van der Waals surface area contributed by atoms with Crippen LogP contribution in [-0.2, 0) is 26.7 Å². The van der Waals surface area contributed by atoms with Crippen molar-refractivity contribution in [3.05, 3.63) is 53.6 Å². The predicted molar refractivity (Wildman–Crippen MR) is 146 cm³/mol. The molecule has 9 nitrogen and oxygen atoms in total. The summed E-state index contributed by atoms with van der Waals surface area (Å²) in [6.07, 6.45) is 0.395. The van der Waals surface area contributed by atoms with Crippen molar-refractivity contribution in [2.75, 3.05) is 18.0 Å². The Morgan fingerprint density at radius 2 is 1.17 bits per heavy atom. The van der Waals surface area contributed by atoms with Gasteiger partial charge in [0, 0.05) is 18.8 Å². The molecule has 13 heteroatoms. The zero-order chi connectivity index (χ0) is 25.5. The summed E-state index contributed by atoms with van der Waals surface area (Å²) in [4.78, 5) is 2.22. The first kappa shape index (κ1) is 35.7. The molecule has 2 aromatic rings. The molecule has 0 radical (unpaired) electrons. The van der Waals surface area contributed by atoms with Crippen LogP contribution in [0.1, 0.15) is 51.7 Å². The van der Waals surface area contributed by atoms with E-state index in [4.69, 9.17) is 9.47 Å². The molecule has 2 N–H and O–H groups in total. The Bertz CT molecular complexity index is 1160. The van der Waals surface area contributed by atoms with Gasteiger partial charge in [-0.15, -0.1) is 0 Å². The van der Waals surface area contributed by atoms with E-state index < -0.39 is 31.1 Å². The van der Waals surface area contributed by atoms with Gasteiger partial charge in [-0.25, -0.2) is 0 Å². The standard InChI is InChI=1S/C23H33NO8S2.2Na.2H/c1-5-22(33(25,26)27)31-20-14-11-18(16-21(20)32-23(6-2)34(28,29)30)15-17-9-12-19(13-10-17)24(7-3)8-4;;;;/h9-14,16,22-23H,5-8,15H2,1-4H3,(H,25,26,27)(H,28,29,30);;;;. The summed E-state index contributed by atoms with van der Waals surface area (Å²) < 4.78 is 76.4. The Hall–Kier alpha value is -0.340. The Balaban J connectivity index is 0.00000612. The van der Waals surface area contributed by atoms with Crippen molar-refractivity contribution in [3.8, 4) is 11.5 Å². The van der Waals surface area contributed by atoms with Gasteiger partial charge in [-0.05, 0) is 68.5 Å². The SMILES string of the molecule is CCC(Oc1ccc(Cc2ccc(N(CC)CC)cc2)cc1OC(CC)S(=O)(=O)O)S(=O)(=O)O.[NaH].[NaH]. The first-order valence-corrected chi connectivity index (χ1v) is 14.2. The van der Waals surface area contributed by atoms with Gasteiger partial charge < -0.3 is 14.4 Å². The second kappa shape index (κ2) is 15.9. The average Bonchev–Trinajstić information content (AvgIpc) is 2.77. The molecule has 0 fully saturated rings. The third-order valence-corrected chi connectivity index (χ3v) is 7.52. The van der Waals surface area contributed by atoms with E-state index in [0.717, 1.165) is 29.9 Å². The van der Waals surface area contributed by atoms with Crippen LogP contribution in [0.5, 0.6) is 11.5 Å². The van der Waals surface area contributed by atoms with Gasteiger partial charge >= 0.3 is 79.4 Å². The number of rotatable bonds is 13. The first-order valence-electron chi connectivity index (χ1n) is 11.2. The zero-order valence-electron chi connectivity index (χ0n) is 19.8. The molecule has 0 saturated heterocycles. The molecule has 0 spiro atoms. The van der Waals surface area contributed by atoms with E-state index >= 15 is 0 Å². The molecule has 0 aliphatic carbocycles. The number of hydrogen-bond acceptors (Lipinski definition) is 7. The van der Waals surface area contributed by atoms with E-state index in [2.05, 4.69) is 18.7 Å². The van der Waals surface area contributed by atoms with E-state index in [1.807, 2.05) is 24.3 Å². The van der Waals surface area contributed by atoms with Crippen LogP contribution in [0.2, 0.25) is 0 Å². The number of benzene rings is 2. The van der Waals surface area contributed by atoms with Gasteiger partial charge in [-0.3, -0.25) is 9.11 Å². The third-order valence-electron chi connectivity index (χ3n) is 5.33. The number of nitrogens with zero attached hydrogens (tertiary/aromatic N) is 1. The molecule has 0 aromatic heterocycles. The summed E-state index contributed by atoms with van der Waals surface area (Å²) in [5.41, 5.74) is -0.260. The molecule has 0 aliphatic rings. The third kappa shape index (κ3) is 10.4. The molecule has 2 rings (SSSR count). The minimum atomic E-state index is -4.53. The van der Waals surface area contributed by atoms with Crippen LogP contribution in [0.15, 0.2) is 42.5 Å². The molecule has 0 bridgehead atoms. The van der Waals surface area contributed by atoms with Gasteiger partial charge in [0.1, 0.15) is 0 Å². The van der Waals surface area contributed by atoms with E-state index in [1.54, 1.807) is 6.07 Å². The fourth-order valence-electron chi connectivity index (χ4n) is 3.49. The Morgan fingerprint density at radius 1 is 0.722 bits per heavy atom. The van der Waals surface area contributed by atoms with E-state index in [-0.39, 0.29) is 83.5 Å². The van der Waals surface area contributed by atoms with Gasteiger partial charge in [0.25, 0.3) is 0 Å². The molecule has 36 heavy (non-hydrogen) atoms. The topological polar surface area (TPSA) is 130 Å². The summed E-state index contributed by atoms with van der Waals surface area (Å²) in [6.45, 7) is 9.00. The van der Waals surface area contributed by atoms with Crippen LogP contribution < -0.4 is 14.4 Å². The van der Waals surface area contributed by atoms with E-state index in [9.17, 15) is 25.9 Å². The molecule has 0 heterocycles. The maximum atomic E-state index is 11.7. The predicted octanol–water partition coefficient (Wildman–Crippen LogP) is 2.83. The molecular weight excluding hydrogens is 528 g/mol. The first-order chi connectivity index (χ1) is 15.9. The van der Waals surface area contributed by atoms with Gasteiger partial charge in [0.2, 0.25) is 10.9 Å². The monoisotopic (exact) mass is 563 g/mol. The Kier molecular flexibility index (Phi) is 15.8. The molecule has 2 atom stereocenters. The molecule has 2 aromatic carbocycles. The Labute approximate surface area is 259 Å². The quantitative estimate of drug-likeness (QED) is 0.279. The maximum absolute atomic E-state index is 11.7. The van der Waals surface area contributed by atoms with Crippen LogP contribution in [-0.4, -0.2) is 109 Å². The van der Waals surface area contributed by atoms with Crippen molar-refractivity contribution in [3.63, 3.8) is 0 Å². The number of hydrogen-bond donors (Lipinski definition) is 2. The van der Waals surface area contributed by atoms with Crippen molar-refractivity contribution in [2.24, 2.45) is 0 Å². The van der Waals surface area contributed by atoms with Gasteiger partial charge in [0.15, 0.2) is 11.5 Å². The number of ether oxygens (including phenoxy) is 2. The van der Waals surface area contributed by atoms with Crippen LogP contribution in [0.3, 0.4) is 0 Å². The fourth-order valence-corrected chi connectivity index (χ4v) is 4.79. The average molecular weight is 564 g/mol. The molecule has 194 valence electrons. The fraction of sp³-hybridized carbons (Fsp3) is 0.478. The van der Waals surface area contributed by atoms with Crippen molar-refractivity contribution < 1.29 is 35.4 Å². The van der Waals surface area contributed by atoms with Gasteiger partial charge in [-0.1, -0.05) is 32.0 Å². The van der Waals surface area contributed by atoms with Crippen molar-refractivity contribution in [1.29, 1.82) is 0 Å². The Morgan fingerprint density at radius 3 is 1.58 bits per heavy atom. The van der Waals surface area contributed by atoms with Crippen LogP contribution >= 0.6 is 0 Å². The summed E-state index contributed by atoms with van der Waals surface area (Å²) in [7, 11) is -9.05. The second-order valence-electron chi connectivity index (χ2n) is 7.74. The van der Waals surface area contributed by atoms with Gasteiger partial charge in [-0.2, -0.15) is 16.8 Å². The zero-order valence-corrected chi connectivity index (χ0v) is 21.5. The second-order valence-corrected chi connectivity index (χ2v) is 10.8. The van der Waals surface area contributed by atoms with Crippen LogP contribution in [0.25, 0.3) is 0 Å². The van der Waals surface area contributed by atoms with Gasteiger partial charge in [0.05, 0.1) is 0 Å². The van der Waals surface area contributed by atoms with Crippen molar-refractivity contribution >= 4 is 85.0 Å². The van der Waals surface area contributed by atoms with Crippen molar-refractivity contribution in [2.45, 2.75) is 57.8 Å². The van der Waals surface area contributed by atoms with E-state index in [1.165, 1.54) is 26.0 Å². The normalized spacial score (nSPS) is 13.1. The number of anilines is 1. The molecule has 0 amide bonds. The molecule has 2 unspecified atom stereocenters. The minimum absolute atomic E-state index is 0.